The summed E-state index contributed by atoms with van der Waals surface area (Å²) in [6.07, 6.45) is 2.14. The number of sulfonamides is 1. The maximum Gasteiger partial charge on any atom is 0.270 e. The molecule has 0 aromatic heterocycles. The van der Waals surface area contributed by atoms with Gasteiger partial charge in [-0.25, -0.2) is 13.8 Å². The zero-order valence-corrected chi connectivity index (χ0v) is 16.7. The van der Waals surface area contributed by atoms with Crippen LogP contribution in [0.5, 0.6) is 0 Å². The van der Waals surface area contributed by atoms with Gasteiger partial charge in [-0.3, -0.25) is 19.2 Å². The van der Waals surface area contributed by atoms with Gasteiger partial charge in [-0.2, -0.15) is 5.10 Å². The molecule has 0 radical (unpaired) electrons. The monoisotopic (exact) mass is 444 g/mol. The van der Waals surface area contributed by atoms with Crippen molar-refractivity contribution in [1.82, 2.24) is 5.43 Å². The van der Waals surface area contributed by atoms with Crippen LogP contribution in [0.1, 0.15) is 5.56 Å². The largest absolute Gasteiger partial charge is 0.271 e. The van der Waals surface area contributed by atoms with E-state index in [1.807, 2.05) is 0 Å². The van der Waals surface area contributed by atoms with E-state index in [0.29, 0.717) is 5.56 Å². The van der Waals surface area contributed by atoms with Gasteiger partial charge in [0.1, 0.15) is 6.54 Å². The minimum Gasteiger partial charge on any atom is -0.271 e. The molecular weight excluding hydrogens is 431 g/mol. The van der Waals surface area contributed by atoms with Crippen LogP contribution in [0, 0.1) is 10.1 Å². The highest BCUT2D eigenvalue weighted by Crippen LogP contribution is 2.28. The molecule has 2 aromatic rings. The molecule has 0 aliphatic rings. The molecule has 0 atom stereocenters. The standard InChI is InChI=1S/C16H14Cl2N4O5S/c1-28(26,27)21(12-5-6-14(17)15(18)8-12)10-16(23)20-19-9-11-3-2-4-13(7-11)22(24)25/h2-9H,10H2,1H3,(H,20,23)/b19-9-. The number of hydrogen-bond donors (Lipinski definition) is 1. The number of anilines is 1. The molecule has 0 bridgehead atoms. The summed E-state index contributed by atoms with van der Waals surface area (Å²) in [5, 5.41) is 14.8. The molecule has 0 spiro atoms. The van der Waals surface area contributed by atoms with E-state index in [2.05, 4.69) is 10.5 Å². The molecule has 0 aliphatic heterocycles. The fourth-order valence-electron chi connectivity index (χ4n) is 2.10. The summed E-state index contributed by atoms with van der Waals surface area (Å²) < 4.78 is 24.9. The van der Waals surface area contributed by atoms with Gasteiger partial charge in [0.05, 0.1) is 33.1 Å². The quantitative estimate of drug-likeness (QED) is 0.399. The lowest BCUT2D eigenvalue weighted by Gasteiger charge is -2.21. The van der Waals surface area contributed by atoms with Crippen molar-refractivity contribution in [3.63, 3.8) is 0 Å². The Bertz CT molecular complexity index is 1040. The fourth-order valence-corrected chi connectivity index (χ4v) is 3.24. The SMILES string of the molecule is CS(=O)(=O)N(CC(=O)N/N=C\c1cccc([N+](=O)[O-])c1)c1ccc(Cl)c(Cl)c1. The van der Waals surface area contributed by atoms with Crippen molar-refractivity contribution in [3.8, 4) is 0 Å². The Labute approximate surface area is 170 Å². The number of carbonyl (C=O) groups excluding carboxylic acids is 1. The first-order valence-electron chi connectivity index (χ1n) is 7.57. The highest BCUT2D eigenvalue weighted by atomic mass is 35.5. The predicted molar refractivity (Wildman–Crippen MR) is 107 cm³/mol. The van der Waals surface area contributed by atoms with E-state index in [1.54, 1.807) is 6.07 Å². The molecule has 0 heterocycles. The minimum atomic E-state index is -3.79. The van der Waals surface area contributed by atoms with Crippen LogP contribution in [0.25, 0.3) is 0 Å². The van der Waals surface area contributed by atoms with Crippen LogP contribution in [0.2, 0.25) is 10.0 Å². The van der Waals surface area contributed by atoms with E-state index in [0.717, 1.165) is 10.6 Å². The van der Waals surface area contributed by atoms with Crippen LogP contribution in [0.3, 0.4) is 0 Å². The number of rotatable bonds is 7. The summed E-state index contributed by atoms with van der Waals surface area (Å²) >= 11 is 11.7. The number of nitro groups is 1. The summed E-state index contributed by atoms with van der Waals surface area (Å²) in [5.41, 5.74) is 2.60. The smallest absolute Gasteiger partial charge is 0.270 e. The summed E-state index contributed by atoms with van der Waals surface area (Å²) in [7, 11) is -3.79. The Morgan fingerprint density at radius 2 is 1.96 bits per heavy atom. The molecule has 0 aliphatic carbocycles. The number of nitro benzene ring substituents is 1. The van der Waals surface area contributed by atoms with Crippen LogP contribution in [-0.4, -0.2) is 38.3 Å². The van der Waals surface area contributed by atoms with Gasteiger partial charge >= 0.3 is 0 Å². The molecule has 1 N–H and O–H groups in total. The van der Waals surface area contributed by atoms with E-state index in [1.165, 1.54) is 42.6 Å². The Kier molecular flexibility index (Phi) is 6.95. The first-order valence-corrected chi connectivity index (χ1v) is 10.2. The minimum absolute atomic E-state index is 0.127. The number of amides is 1. The lowest BCUT2D eigenvalue weighted by atomic mass is 10.2. The molecule has 0 unspecified atom stereocenters. The van der Waals surface area contributed by atoms with E-state index in [-0.39, 0.29) is 21.4 Å². The molecule has 12 heteroatoms. The van der Waals surface area contributed by atoms with Crippen molar-refractivity contribution in [2.45, 2.75) is 0 Å². The number of hydrogen-bond acceptors (Lipinski definition) is 6. The third-order valence-electron chi connectivity index (χ3n) is 3.36. The Morgan fingerprint density at radius 1 is 1.25 bits per heavy atom. The number of benzene rings is 2. The Hall–Kier alpha value is -2.69. The number of hydrazone groups is 1. The predicted octanol–water partition coefficient (Wildman–Crippen LogP) is 2.82. The highest BCUT2D eigenvalue weighted by molar-refractivity contribution is 7.92. The number of nitrogens with zero attached hydrogens (tertiary/aromatic N) is 3. The van der Waals surface area contributed by atoms with Gasteiger partial charge in [0.15, 0.2) is 0 Å². The second-order valence-electron chi connectivity index (χ2n) is 5.51. The summed E-state index contributed by atoms with van der Waals surface area (Å²) in [6, 6.07) is 9.76. The van der Waals surface area contributed by atoms with E-state index < -0.39 is 27.4 Å². The van der Waals surface area contributed by atoms with Crippen LogP contribution in [0.4, 0.5) is 11.4 Å². The molecule has 148 valence electrons. The van der Waals surface area contributed by atoms with Gasteiger partial charge < -0.3 is 0 Å². The third kappa shape index (κ3) is 5.91. The van der Waals surface area contributed by atoms with E-state index >= 15 is 0 Å². The summed E-state index contributed by atoms with van der Waals surface area (Å²) in [5.74, 6) is -0.724. The average molecular weight is 445 g/mol. The molecule has 2 rings (SSSR count). The number of nitrogens with one attached hydrogen (secondary N) is 1. The van der Waals surface area contributed by atoms with Crippen LogP contribution >= 0.6 is 23.2 Å². The average Bonchev–Trinajstić information content (AvgIpc) is 2.61. The first-order chi connectivity index (χ1) is 13.1. The van der Waals surface area contributed by atoms with Crippen molar-refractivity contribution >= 4 is 56.7 Å². The van der Waals surface area contributed by atoms with Gasteiger partial charge in [-0.15, -0.1) is 0 Å². The zero-order valence-electron chi connectivity index (χ0n) is 14.4. The maximum atomic E-state index is 12.1. The zero-order chi connectivity index (χ0) is 20.9. The molecule has 0 saturated heterocycles. The van der Waals surface area contributed by atoms with Crippen molar-refractivity contribution in [3.05, 3.63) is 68.2 Å². The maximum absolute atomic E-state index is 12.1. The highest BCUT2D eigenvalue weighted by Gasteiger charge is 2.21. The van der Waals surface area contributed by atoms with Crippen molar-refractivity contribution in [1.29, 1.82) is 0 Å². The molecule has 9 nitrogen and oxygen atoms in total. The topological polar surface area (TPSA) is 122 Å². The lowest BCUT2D eigenvalue weighted by molar-refractivity contribution is -0.384. The van der Waals surface area contributed by atoms with Gasteiger partial charge in [0.2, 0.25) is 10.0 Å². The molecule has 0 saturated carbocycles. The van der Waals surface area contributed by atoms with Crippen molar-refractivity contribution in [2.75, 3.05) is 17.1 Å². The first kappa shape index (κ1) is 21.6. The van der Waals surface area contributed by atoms with E-state index in [4.69, 9.17) is 23.2 Å². The number of halogens is 2. The molecular formula is C16H14Cl2N4O5S. The normalized spacial score (nSPS) is 11.4. The second-order valence-corrected chi connectivity index (χ2v) is 8.23. The van der Waals surface area contributed by atoms with Crippen LogP contribution in [-0.2, 0) is 14.8 Å². The molecule has 2 aromatic carbocycles. The van der Waals surface area contributed by atoms with Crippen molar-refractivity contribution < 1.29 is 18.1 Å². The number of carbonyl (C=O) groups is 1. The lowest BCUT2D eigenvalue weighted by Crippen LogP contribution is -2.39. The number of non-ortho nitro benzene ring substituents is 1. The molecule has 28 heavy (non-hydrogen) atoms. The van der Waals surface area contributed by atoms with Gasteiger partial charge in [0.25, 0.3) is 11.6 Å². The fraction of sp³-hybridized carbons (Fsp3) is 0.125. The Balaban J connectivity index is 2.11. The second kappa shape index (κ2) is 9.00. The van der Waals surface area contributed by atoms with Crippen LogP contribution in [0.15, 0.2) is 47.6 Å². The van der Waals surface area contributed by atoms with Crippen LogP contribution < -0.4 is 9.73 Å². The van der Waals surface area contributed by atoms with Gasteiger partial charge in [-0.1, -0.05) is 35.3 Å². The van der Waals surface area contributed by atoms with Gasteiger partial charge in [0, 0.05) is 17.7 Å². The summed E-state index contributed by atoms with van der Waals surface area (Å²) in [6.45, 7) is -0.553. The Morgan fingerprint density at radius 3 is 2.57 bits per heavy atom. The van der Waals surface area contributed by atoms with E-state index in [9.17, 15) is 23.3 Å². The van der Waals surface area contributed by atoms with Gasteiger partial charge in [-0.05, 0) is 18.2 Å². The molecule has 0 fully saturated rings. The molecule has 1 amide bonds. The third-order valence-corrected chi connectivity index (χ3v) is 5.24. The van der Waals surface area contributed by atoms with Crippen molar-refractivity contribution in [2.24, 2.45) is 5.10 Å². The summed E-state index contributed by atoms with van der Waals surface area (Å²) in [4.78, 5) is 22.3.